The molecule has 0 aliphatic carbocycles. The highest BCUT2D eigenvalue weighted by atomic mass is 19.2. The molecular formula is C38H28F3N. The molecule has 0 aliphatic rings. The van der Waals surface area contributed by atoms with Crippen molar-refractivity contribution in [3.8, 4) is 0 Å². The summed E-state index contributed by atoms with van der Waals surface area (Å²) in [5.41, 5.74) is 3.94. The summed E-state index contributed by atoms with van der Waals surface area (Å²) in [7, 11) is 0. The molecule has 0 heterocycles. The number of halogens is 3. The first-order valence-electron chi connectivity index (χ1n) is 13.9. The minimum Gasteiger partial charge on any atom is -0.355 e. The van der Waals surface area contributed by atoms with E-state index in [1.54, 1.807) is 0 Å². The van der Waals surface area contributed by atoms with E-state index < -0.39 is 29.3 Å². The van der Waals surface area contributed by atoms with Crippen molar-refractivity contribution < 1.29 is 13.2 Å². The number of anilines is 2. The summed E-state index contributed by atoms with van der Waals surface area (Å²) in [4.78, 5) is 0. The maximum absolute atomic E-state index is 16.4. The summed E-state index contributed by atoms with van der Waals surface area (Å²) in [6.07, 6.45) is 0. The first kappa shape index (κ1) is 27.1. The fourth-order valence-corrected chi connectivity index (χ4v) is 5.67. The lowest BCUT2D eigenvalue weighted by Gasteiger charge is -2.29. The Morgan fingerprint density at radius 3 is 0.952 bits per heavy atom. The Morgan fingerprint density at radius 1 is 0.357 bits per heavy atom. The monoisotopic (exact) mass is 555 g/mol. The van der Waals surface area contributed by atoms with E-state index in [1.807, 2.05) is 152 Å². The molecule has 0 bridgehead atoms. The minimum absolute atomic E-state index is 0.0435. The lowest BCUT2D eigenvalue weighted by atomic mass is 9.78. The van der Waals surface area contributed by atoms with E-state index in [4.69, 9.17) is 0 Å². The molecule has 0 unspecified atom stereocenters. The molecule has 0 radical (unpaired) electrons. The van der Waals surface area contributed by atoms with Crippen LogP contribution in [0.15, 0.2) is 152 Å². The molecule has 0 aliphatic heterocycles. The number of nitrogens with one attached hydrogen (secondary N) is 1. The van der Waals surface area contributed by atoms with Gasteiger partial charge < -0.3 is 5.32 Å². The van der Waals surface area contributed by atoms with Crippen LogP contribution in [0.3, 0.4) is 0 Å². The molecule has 0 atom stereocenters. The van der Waals surface area contributed by atoms with E-state index >= 15 is 13.2 Å². The average molecular weight is 556 g/mol. The molecule has 6 aromatic carbocycles. The van der Waals surface area contributed by atoms with Crippen LogP contribution in [0.25, 0.3) is 0 Å². The standard InChI is InChI=1S/C38H28F3N/c39-35-33(31(26-16-6-1-7-17-26)27-18-8-2-9-19-27)38(42-30-24-14-5-15-25-30)34(36(40)37(35)41)32(28-20-10-3-11-21-28)29-22-12-4-13-23-29/h1-25,31-32,42H. The van der Waals surface area contributed by atoms with Crippen LogP contribution in [0.4, 0.5) is 24.5 Å². The van der Waals surface area contributed by atoms with Gasteiger partial charge in [0.05, 0.1) is 5.69 Å². The number of hydrogen-bond acceptors (Lipinski definition) is 1. The van der Waals surface area contributed by atoms with Gasteiger partial charge in [-0.2, -0.15) is 0 Å². The number of hydrogen-bond donors (Lipinski definition) is 1. The van der Waals surface area contributed by atoms with Gasteiger partial charge in [-0.15, -0.1) is 0 Å². The molecule has 0 amide bonds. The Bertz CT molecular complexity index is 1570. The maximum Gasteiger partial charge on any atom is 0.195 e. The minimum atomic E-state index is -1.49. The Kier molecular flexibility index (Phi) is 7.87. The Labute approximate surface area is 243 Å². The Morgan fingerprint density at radius 2 is 0.643 bits per heavy atom. The number of rotatable bonds is 8. The summed E-state index contributed by atoms with van der Waals surface area (Å²) in [5, 5.41) is 3.34. The SMILES string of the molecule is Fc1c(F)c(C(c2ccccc2)c2ccccc2)c(Nc2ccccc2)c(C(c2ccccc2)c2ccccc2)c1F. The molecule has 0 saturated heterocycles. The number of benzene rings is 6. The van der Waals surface area contributed by atoms with Gasteiger partial charge in [-0.3, -0.25) is 0 Å². The van der Waals surface area contributed by atoms with Crippen LogP contribution in [0, 0.1) is 17.5 Å². The van der Waals surface area contributed by atoms with Gasteiger partial charge in [-0.25, -0.2) is 13.2 Å². The first-order chi connectivity index (χ1) is 20.6. The highest BCUT2D eigenvalue weighted by molar-refractivity contribution is 5.73. The third-order valence-electron chi connectivity index (χ3n) is 7.55. The predicted octanol–water partition coefficient (Wildman–Crippen LogP) is 10.2. The topological polar surface area (TPSA) is 12.0 Å². The quantitative estimate of drug-likeness (QED) is 0.146. The maximum atomic E-state index is 16.4. The number of para-hydroxylation sites is 1. The van der Waals surface area contributed by atoms with Crippen molar-refractivity contribution in [3.05, 3.63) is 202 Å². The summed E-state index contributed by atoms with van der Waals surface area (Å²) < 4.78 is 48.9. The molecule has 0 saturated carbocycles. The van der Waals surface area contributed by atoms with E-state index in [-0.39, 0.29) is 16.8 Å². The zero-order valence-corrected chi connectivity index (χ0v) is 22.7. The van der Waals surface area contributed by atoms with E-state index in [2.05, 4.69) is 5.32 Å². The van der Waals surface area contributed by atoms with Crippen molar-refractivity contribution in [3.63, 3.8) is 0 Å². The fourth-order valence-electron chi connectivity index (χ4n) is 5.67. The summed E-state index contributed by atoms with van der Waals surface area (Å²) >= 11 is 0. The van der Waals surface area contributed by atoms with Crippen LogP contribution in [0.5, 0.6) is 0 Å². The Balaban J connectivity index is 1.73. The van der Waals surface area contributed by atoms with E-state index in [1.165, 1.54) is 0 Å². The molecular weight excluding hydrogens is 527 g/mol. The molecule has 4 heteroatoms. The van der Waals surface area contributed by atoms with Crippen LogP contribution >= 0.6 is 0 Å². The fraction of sp³-hybridized carbons (Fsp3) is 0.0526. The largest absolute Gasteiger partial charge is 0.355 e. The van der Waals surface area contributed by atoms with Gasteiger partial charge in [-0.1, -0.05) is 140 Å². The van der Waals surface area contributed by atoms with Crippen LogP contribution in [-0.2, 0) is 0 Å². The third kappa shape index (κ3) is 5.31. The Hall–Kier alpha value is -5.09. The molecule has 206 valence electrons. The summed E-state index contributed by atoms with van der Waals surface area (Å²) in [5.74, 6) is -5.37. The van der Waals surface area contributed by atoms with Gasteiger partial charge in [0, 0.05) is 28.7 Å². The smallest absolute Gasteiger partial charge is 0.195 e. The lowest BCUT2D eigenvalue weighted by molar-refractivity contribution is 0.434. The van der Waals surface area contributed by atoms with E-state index in [0.717, 1.165) is 22.3 Å². The van der Waals surface area contributed by atoms with Gasteiger partial charge in [0.25, 0.3) is 0 Å². The van der Waals surface area contributed by atoms with Crippen molar-refractivity contribution in [2.45, 2.75) is 11.8 Å². The van der Waals surface area contributed by atoms with Crippen LogP contribution in [-0.4, -0.2) is 0 Å². The highest BCUT2D eigenvalue weighted by Crippen LogP contribution is 2.47. The second-order valence-electron chi connectivity index (χ2n) is 10.1. The molecule has 0 fully saturated rings. The summed E-state index contributed by atoms with van der Waals surface area (Å²) in [6, 6.07) is 46.7. The van der Waals surface area contributed by atoms with E-state index in [9.17, 15) is 0 Å². The first-order valence-corrected chi connectivity index (χ1v) is 13.9. The van der Waals surface area contributed by atoms with Gasteiger partial charge >= 0.3 is 0 Å². The molecule has 1 N–H and O–H groups in total. The molecule has 6 aromatic rings. The molecule has 42 heavy (non-hydrogen) atoms. The average Bonchev–Trinajstić information content (AvgIpc) is 3.06. The van der Waals surface area contributed by atoms with Crippen molar-refractivity contribution in [1.82, 2.24) is 0 Å². The van der Waals surface area contributed by atoms with Crippen molar-refractivity contribution in [1.29, 1.82) is 0 Å². The van der Waals surface area contributed by atoms with Gasteiger partial charge in [0.15, 0.2) is 17.5 Å². The second-order valence-corrected chi connectivity index (χ2v) is 10.1. The predicted molar refractivity (Wildman–Crippen MR) is 164 cm³/mol. The highest BCUT2D eigenvalue weighted by Gasteiger charge is 2.35. The van der Waals surface area contributed by atoms with Crippen LogP contribution in [0.1, 0.15) is 45.2 Å². The second kappa shape index (κ2) is 12.2. The van der Waals surface area contributed by atoms with Crippen molar-refractivity contribution in [2.24, 2.45) is 0 Å². The van der Waals surface area contributed by atoms with Gasteiger partial charge in [0.1, 0.15) is 0 Å². The molecule has 6 rings (SSSR count). The van der Waals surface area contributed by atoms with E-state index in [0.29, 0.717) is 5.69 Å². The lowest BCUT2D eigenvalue weighted by Crippen LogP contribution is -2.18. The normalized spacial score (nSPS) is 11.2. The van der Waals surface area contributed by atoms with Crippen molar-refractivity contribution >= 4 is 11.4 Å². The van der Waals surface area contributed by atoms with Gasteiger partial charge in [0.2, 0.25) is 0 Å². The van der Waals surface area contributed by atoms with Crippen LogP contribution < -0.4 is 5.32 Å². The van der Waals surface area contributed by atoms with Crippen molar-refractivity contribution in [2.75, 3.05) is 5.32 Å². The molecule has 0 spiro atoms. The molecule has 1 nitrogen and oxygen atoms in total. The van der Waals surface area contributed by atoms with Gasteiger partial charge in [-0.05, 0) is 34.4 Å². The summed E-state index contributed by atoms with van der Waals surface area (Å²) in [6.45, 7) is 0. The third-order valence-corrected chi connectivity index (χ3v) is 7.55. The molecule has 0 aromatic heterocycles. The van der Waals surface area contributed by atoms with Crippen LogP contribution in [0.2, 0.25) is 0 Å². The zero-order valence-electron chi connectivity index (χ0n) is 22.7. The zero-order chi connectivity index (χ0) is 28.9.